The van der Waals surface area contributed by atoms with E-state index in [1.165, 1.54) is 12.8 Å². The summed E-state index contributed by atoms with van der Waals surface area (Å²) in [6, 6.07) is 0. The highest BCUT2D eigenvalue weighted by Crippen LogP contribution is 2.14. The Morgan fingerprint density at radius 1 is 1.39 bits per heavy atom. The fourth-order valence-electron chi connectivity index (χ4n) is 2.57. The Bertz CT molecular complexity index is 386. The first-order chi connectivity index (χ1) is 8.62. The van der Waals surface area contributed by atoms with Crippen LogP contribution in [0, 0.1) is 0 Å². The van der Waals surface area contributed by atoms with Gasteiger partial charge in [0.1, 0.15) is 11.6 Å². The summed E-state index contributed by atoms with van der Waals surface area (Å²) in [6.07, 6.45) is 5.29. The number of nitrogens with one attached hydrogen (secondary N) is 1. The van der Waals surface area contributed by atoms with Crippen LogP contribution < -0.4 is 5.32 Å². The Hall–Kier alpha value is -0.940. The summed E-state index contributed by atoms with van der Waals surface area (Å²) < 4.78 is 2.21. The molecule has 0 aliphatic carbocycles. The Kier molecular flexibility index (Phi) is 4.35. The molecule has 0 spiro atoms. The second-order valence-electron chi connectivity index (χ2n) is 5.49. The summed E-state index contributed by atoms with van der Waals surface area (Å²) in [5.41, 5.74) is -0.625. The molecule has 1 aliphatic rings. The van der Waals surface area contributed by atoms with Crippen LogP contribution in [0.25, 0.3) is 0 Å². The SMILES string of the molecule is CCCC(C)(O)CNCc1nnc2n1CCCC2. The van der Waals surface area contributed by atoms with E-state index in [-0.39, 0.29) is 0 Å². The van der Waals surface area contributed by atoms with Crippen LogP contribution in [-0.4, -0.2) is 32.0 Å². The maximum atomic E-state index is 10.1. The topological polar surface area (TPSA) is 63.0 Å². The lowest BCUT2D eigenvalue weighted by Gasteiger charge is -2.23. The smallest absolute Gasteiger partial charge is 0.147 e. The number of fused-ring (bicyclic) bond motifs is 1. The molecule has 5 nitrogen and oxygen atoms in total. The van der Waals surface area contributed by atoms with Gasteiger partial charge in [-0.15, -0.1) is 10.2 Å². The minimum atomic E-state index is -0.625. The van der Waals surface area contributed by atoms with E-state index in [2.05, 4.69) is 27.0 Å². The largest absolute Gasteiger partial charge is 0.389 e. The van der Waals surface area contributed by atoms with Crippen molar-refractivity contribution in [2.75, 3.05) is 6.54 Å². The fraction of sp³-hybridized carbons (Fsp3) is 0.846. The average molecular weight is 252 g/mol. The van der Waals surface area contributed by atoms with Crippen molar-refractivity contribution < 1.29 is 5.11 Å². The maximum absolute atomic E-state index is 10.1. The Labute approximate surface area is 109 Å². The van der Waals surface area contributed by atoms with Crippen LogP contribution in [0.4, 0.5) is 0 Å². The van der Waals surface area contributed by atoms with Crippen molar-refractivity contribution in [3.63, 3.8) is 0 Å². The molecule has 0 amide bonds. The van der Waals surface area contributed by atoms with Gasteiger partial charge in [0.05, 0.1) is 12.1 Å². The third kappa shape index (κ3) is 3.29. The van der Waals surface area contributed by atoms with Crippen molar-refractivity contribution in [1.29, 1.82) is 0 Å². The van der Waals surface area contributed by atoms with Gasteiger partial charge in [-0.2, -0.15) is 0 Å². The van der Waals surface area contributed by atoms with Gasteiger partial charge in [0.25, 0.3) is 0 Å². The zero-order valence-electron chi connectivity index (χ0n) is 11.4. The van der Waals surface area contributed by atoms with Gasteiger partial charge < -0.3 is 15.0 Å². The molecule has 18 heavy (non-hydrogen) atoms. The Morgan fingerprint density at radius 2 is 2.22 bits per heavy atom. The number of aromatic nitrogens is 3. The molecule has 1 unspecified atom stereocenters. The molecule has 0 radical (unpaired) electrons. The molecule has 5 heteroatoms. The van der Waals surface area contributed by atoms with Gasteiger partial charge in [-0.05, 0) is 26.2 Å². The summed E-state index contributed by atoms with van der Waals surface area (Å²) >= 11 is 0. The van der Waals surface area contributed by atoms with E-state index in [4.69, 9.17) is 0 Å². The van der Waals surface area contributed by atoms with Crippen LogP contribution in [0.15, 0.2) is 0 Å². The normalized spacial score (nSPS) is 18.4. The van der Waals surface area contributed by atoms with Crippen LogP contribution >= 0.6 is 0 Å². The van der Waals surface area contributed by atoms with E-state index in [0.717, 1.165) is 37.5 Å². The van der Waals surface area contributed by atoms with Gasteiger partial charge in [-0.1, -0.05) is 13.3 Å². The van der Waals surface area contributed by atoms with Gasteiger partial charge in [0, 0.05) is 19.5 Å². The summed E-state index contributed by atoms with van der Waals surface area (Å²) in [5, 5.41) is 21.8. The molecule has 1 aliphatic heterocycles. The lowest BCUT2D eigenvalue weighted by Crippen LogP contribution is -2.37. The molecule has 0 bridgehead atoms. The van der Waals surface area contributed by atoms with E-state index < -0.39 is 5.60 Å². The van der Waals surface area contributed by atoms with Crippen LogP contribution in [0.1, 0.15) is 51.2 Å². The number of hydrogen-bond donors (Lipinski definition) is 2. The molecule has 102 valence electrons. The van der Waals surface area contributed by atoms with Crippen molar-refractivity contribution >= 4 is 0 Å². The molecular formula is C13H24N4O. The zero-order chi connectivity index (χ0) is 13.0. The van der Waals surface area contributed by atoms with Crippen LogP contribution in [0.5, 0.6) is 0 Å². The summed E-state index contributed by atoms with van der Waals surface area (Å²) in [6.45, 7) is 6.28. The summed E-state index contributed by atoms with van der Waals surface area (Å²) in [5.74, 6) is 2.11. The maximum Gasteiger partial charge on any atom is 0.147 e. The molecule has 0 aromatic carbocycles. The fourth-order valence-corrected chi connectivity index (χ4v) is 2.57. The number of aliphatic hydroxyl groups is 1. The monoisotopic (exact) mass is 252 g/mol. The Morgan fingerprint density at radius 3 is 3.00 bits per heavy atom. The molecule has 2 rings (SSSR count). The molecule has 1 atom stereocenters. The summed E-state index contributed by atoms with van der Waals surface area (Å²) in [7, 11) is 0. The molecule has 2 heterocycles. The first-order valence-electron chi connectivity index (χ1n) is 6.96. The predicted octanol–water partition coefficient (Wildman–Crippen LogP) is 1.26. The lowest BCUT2D eigenvalue weighted by atomic mass is 10.0. The second-order valence-corrected chi connectivity index (χ2v) is 5.49. The zero-order valence-corrected chi connectivity index (χ0v) is 11.4. The number of rotatable bonds is 6. The molecule has 1 aromatic heterocycles. The highest BCUT2D eigenvalue weighted by molar-refractivity contribution is 4.98. The highest BCUT2D eigenvalue weighted by Gasteiger charge is 2.20. The van der Waals surface area contributed by atoms with Crippen molar-refractivity contribution in [3.05, 3.63) is 11.6 Å². The van der Waals surface area contributed by atoms with Crippen molar-refractivity contribution in [3.8, 4) is 0 Å². The highest BCUT2D eigenvalue weighted by atomic mass is 16.3. The van der Waals surface area contributed by atoms with E-state index in [1.807, 2.05) is 6.92 Å². The molecule has 1 aromatic rings. The molecular weight excluding hydrogens is 228 g/mol. The van der Waals surface area contributed by atoms with E-state index in [1.54, 1.807) is 0 Å². The van der Waals surface area contributed by atoms with Gasteiger partial charge >= 0.3 is 0 Å². The first-order valence-corrected chi connectivity index (χ1v) is 6.96. The molecule has 0 saturated carbocycles. The molecule has 0 fully saturated rings. The van der Waals surface area contributed by atoms with Gasteiger partial charge in [-0.25, -0.2) is 0 Å². The first kappa shape index (κ1) is 13.5. The van der Waals surface area contributed by atoms with Gasteiger partial charge in [-0.3, -0.25) is 0 Å². The number of hydrogen-bond acceptors (Lipinski definition) is 4. The van der Waals surface area contributed by atoms with Crippen molar-refractivity contribution in [1.82, 2.24) is 20.1 Å². The van der Waals surface area contributed by atoms with Crippen molar-refractivity contribution in [2.24, 2.45) is 0 Å². The number of nitrogens with zero attached hydrogens (tertiary/aromatic N) is 3. The number of aryl methyl sites for hydroxylation is 1. The molecule has 2 N–H and O–H groups in total. The van der Waals surface area contributed by atoms with E-state index >= 15 is 0 Å². The van der Waals surface area contributed by atoms with Crippen LogP contribution in [0.3, 0.4) is 0 Å². The predicted molar refractivity (Wildman–Crippen MR) is 70.2 cm³/mol. The second kappa shape index (κ2) is 5.80. The quantitative estimate of drug-likeness (QED) is 0.800. The lowest BCUT2D eigenvalue weighted by molar-refractivity contribution is 0.0495. The van der Waals surface area contributed by atoms with E-state index in [0.29, 0.717) is 13.1 Å². The standard InChI is InChI=1S/C13H24N4O/c1-3-7-13(2,18)10-14-9-12-16-15-11-6-4-5-8-17(11)12/h14,18H,3-10H2,1-2H3. The summed E-state index contributed by atoms with van der Waals surface area (Å²) in [4.78, 5) is 0. The average Bonchev–Trinajstić information content (AvgIpc) is 2.73. The third-order valence-electron chi connectivity index (χ3n) is 3.51. The molecule has 0 saturated heterocycles. The van der Waals surface area contributed by atoms with Crippen molar-refractivity contribution in [2.45, 2.75) is 64.6 Å². The third-order valence-corrected chi connectivity index (χ3v) is 3.51. The minimum Gasteiger partial charge on any atom is -0.389 e. The minimum absolute atomic E-state index is 0.600. The van der Waals surface area contributed by atoms with Crippen LogP contribution in [0.2, 0.25) is 0 Å². The van der Waals surface area contributed by atoms with Gasteiger partial charge in [0.15, 0.2) is 0 Å². The van der Waals surface area contributed by atoms with E-state index in [9.17, 15) is 5.11 Å². The van der Waals surface area contributed by atoms with Gasteiger partial charge in [0.2, 0.25) is 0 Å². The van der Waals surface area contributed by atoms with Crippen LogP contribution in [-0.2, 0) is 19.5 Å². The Balaban J connectivity index is 1.85.